The first-order chi connectivity index (χ1) is 14.2. The number of benzene rings is 1. The molecule has 6 nitrogen and oxygen atoms in total. The third-order valence-electron chi connectivity index (χ3n) is 4.91. The van der Waals surface area contributed by atoms with Crippen molar-refractivity contribution < 1.29 is 13.2 Å². The number of hydrogen-bond donors (Lipinski definition) is 2. The van der Waals surface area contributed by atoms with Crippen LogP contribution in [0.2, 0.25) is 0 Å². The van der Waals surface area contributed by atoms with Gasteiger partial charge < -0.3 is 20.2 Å². The van der Waals surface area contributed by atoms with Crippen molar-refractivity contribution in [3.63, 3.8) is 0 Å². The minimum absolute atomic E-state index is 0.275. The number of hydrogen-bond acceptors (Lipinski definition) is 4. The molecule has 1 aromatic carbocycles. The predicted molar refractivity (Wildman–Crippen MR) is 114 cm³/mol. The summed E-state index contributed by atoms with van der Waals surface area (Å²) in [6.45, 7) is 3.59. The highest BCUT2D eigenvalue weighted by Gasteiger charge is 2.31. The molecule has 0 amide bonds. The van der Waals surface area contributed by atoms with Crippen LogP contribution < -0.4 is 11.1 Å². The standard InChI is InChI=1S/C21H21F3N6/c1-13(14-6-7-29(2)11-14)26-9-15-10-27-20(28-15)19-8-16-17(25)4-3-5-18(16)30(19)12-21(22,23)24/h3-8,11,26H,1,9-10,12,25H2,2H3. The van der Waals surface area contributed by atoms with Gasteiger partial charge in [0.1, 0.15) is 6.54 Å². The lowest BCUT2D eigenvalue weighted by Gasteiger charge is -2.12. The molecule has 0 radical (unpaired) electrons. The molecule has 0 fully saturated rings. The first-order valence-corrected chi connectivity index (χ1v) is 9.32. The van der Waals surface area contributed by atoms with Crippen LogP contribution in [0.15, 0.2) is 59.3 Å². The summed E-state index contributed by atoms with van der Waals surface area (Å²) < 4.78 is 42.7. The maximum atomic E-state index is 13.2. The molecule has 0 bridgehead atoms. The number of aryl methyl sites for hydroxylation is 1. The van der Waals surface area contributed by atoms with Gasteiger partial charge in [-0.15, -0.1) is 0 Å². The van der Waals surface area contributed by atoms with E-state index in [2.05, 4.69) is 21.9 Å². The van der Waals surface area contributed by atoms with E-state index in [4.69, 9.17) is 5.73 Å². The summed E-state index contributed by atoms with van der Waals surface area (Å²) in [6, 6.07) is 8.48. The highest BCUT2D eigenvalue weighted by Crippen LogP contribution is 2.30. The Balaban J connectivity index is 1.58. The lowest BCUT2D eigenvalue weighted by Crippen LogP contribution is -2.22. The number of aromatic nitrogens is 2. The molecule has 156 valence electrons. The number of amidine groups is 1. The van der Waals surface area contributed by atoms with Crippen LogP contribution >= 0.6 is 0 Å². The molecule has 1 aliphatic rings. The first kappa shape index (κ1) is 19.8. The summed E-state index contributed by atoms with van der Waals surface area (Å²) in [7, 11) is 1.92. The predicted octanol–water partition coefficient (Wildman–Crippen LogP) is 3.59. The second-order valence-electron chi connectivity index (χ2n) is 7.23. The van der Waals surface area contributed by atoms with Crippen molar-refractivity contribution in [1.82, 2.24) is 14.5 Å². The SMILES string of the molecule is C=C(NCC1=NC(c2cc3c(N)cccc3n2CC(F)(F)F)=NC1)c1ccn(C)c1. The summed E-state index contributed by atoms with van der Waals surface area (Å²) in [4.78, 5) is 8.84. The van der Waals surface area contributed by atoms with Gasteiger partial charge in [-0.25, -0.2) is 4.99 Å². The second kappa shape index (κ2) is 7.40. The molecule has 3 heterocycles. The highest BCUT2D eigenvalue weighted by atomic mass is 19.4. The van der Waals surface area contributed by atoms with E-state index in [9.17, 15) is 13.2 Å². The van der Waals surface area contributed by atoms with Crippen molar-refractivity contribution >= 4 is 33.8 Å². The molecular formula is C21H21F3N6. The summed E-state index contributed by atoms with van der Waals surface area (Å²) in [5.74, 6) is 0.275. The van der Waals surface area contributed by atoms with E-state index in [-0.39, 0.29) is 5.84 Å². The fourth-order valence-corrected chi connectivity index (χ4v) is 3.46. The third kappa shape index (κ3) is 3.96. The average molecular weight is 414 g/mol. The van der Waals surface area contributed by atoms with Crippen LogP contribution in [0.4, 0.5) is 18.9 Å². The minimum atomic E-state index is -4.38. The van der Waals surface area contributed by atoms with Crippen molar-refractivity contribution in [2.24, 2.45) is 17.0 Å². The third-order valence-corrected chi connectivity index (χ3v) is 4.91. The van der Waals surface area contributed by atoms with Crippen molar-refractivity contribution in [1.29, 1.82) is 0 Å². The lowest BCUT2D eigenvalue weighted by atomic mass is 10.2. The van der Waals surface area contributed by atoms with E-state index in [1.165, 1.54) is 4.57 Å². The van der Waals surface area contributed by atoms with E-state index in [1.807, 2.05) is 30.1 Å². The Labute approximate surface area is 171 Å². The molecule has 0 saturated heterocycles. The number of nitrogens with zero attached hydrogens (tertiary/aromatic N) is 4. The quantitative estimate of drug-likeness (QED) is 0.605. The van der Waals surface area contributed by atoms with Crippen molar-refractivity contribution in [2.75, 3.05) is 18.8 Å². The molecule has 30 heavy (non-hydrogen) atoms. The molecule has 0 aliphatic carbocycles. The maximum Gasteiger partial charge on any atom is 0.406 e. The molecule has 4 rings (SSSR count). The fraction of sp³-hybridized carbons (Fsp3) is 0.238. The number of nitrogens with one attached hydrogen (secondary N) is 1. The zero-order valence-electron chi connectivity index (χ0n) is 16.4. The summed E-state index contributed by atoms with van der Waals surface area (Å²) in [6.07, 6.45) is -0.526. The Hall–Kier alpha value is -3.49. The van der Waals surface area contributed by atoms with Gasteiger partial charge in [0.15, 0.2) is 5.84 Å². The molecule has 0 saturated carbocycles. The maximum absolute atomic E-state index is 13.2. The summed E-state index contributed by atoms with van der Waals surface area (Å²) in [5, 5.41) is 3.75. The van der Waals surface area contributed by atoms with Crippen LogP contribution in [0.1, 0.15) is 11.3 Å². The van der Waals surface area contributed by atoms with Crippen LogP contribution in [0.3, 0.4) is 0 Å². The Morgan fingerprint density at radius 2 is 2.10 bits per heavy atom. The van der Waals surface area contributed by atoms with Crippen molar-refractivity contribution in [3.05, 3.63) is 60.6 Å². The number of anilines is 1. The van der Waals surface area contributed by atoms with Gasteiger partial charge in [0.2, 0.25) is 0 Å². The molecular weight excluding hydrogens is 393 g/mol. The smallest absolute Gasteiger partial charge is 0.398 e. The van der Waals surface area contributed by atoms with Crippen molar-refractivity contribution in [2.45, 2.75) is 12.7 Å². The van der Waals surface area contributed by atoms with Gasteiger partial charge in [-0.05, 0) is 24.3 Å². The average Bonchev–Trinajstić information content (AvgIpc) is 3.38. The van der Waals surface area contributed by atoms with E-state index >= 15 is 0 Å². The largest absolute Gasteiger partial charge is 0.406 e. The molecule has 0 spiro atoms. The zero-order valence-corrected chi connectivity index (χ0v) is 16.4. The molecule has 2 aromatic heterocycles. The van der Waals surface area contributed by atoms with Gasteiger partial charge in [0, 0.05) is 41.8 Å². The lowest BCUT2D eigenvalue weighted by molar-refractivity contribution is -0.139. The van der Waals surface area contributed by atoms with Gasteiger partial charge in [0.05, 0.1) is 30.0 Å². The van der Waals surface area contributed by atoms with E-state index < -0.39 is 12.7 Å². The fourth-order valence-electron chi connectivity index (χ4n) is 3.46. The Morgan fingerprint density at radius 3 is 2.80 bits per heavy atom. The monoisotopic (exact) mass is 414 g/mol. The van der Waals surface area contributed by atoms with E-state index in [0.29, 0.717) is 35.4 Å². The summed E-state index contributed by atoms with van der Waals surface area (Å²) in [5.41, 5.74) is 9.52. The van der Waals surface area contributed by atoms with Crippen molar-refractivity contribution in [3.8, 4) is 0 Å². The topological polar surface area (TPSA) is 72.6 Å². The number of nitrogens with two attached hydrogens (primary N) is 1. The highest BCUT2D eigenvalue weighted by molar-refractivity contribution is 6.14. The molecule has 1 aliphatic heterocycles. The number of nitrogen functional groups attached to an aromatic ring is 1. The number of rotatable bonds is 6. The van der Waals surface area contributed by atoms with Gasteiger partial charge in [-0.3, -0.25) is 4.99 Å². The normalized spacial score (nSPS) is 14.1. The Kier molecular flexibility index (Phi) is 4.89. The summed E-state index contributed by atoms with van der Waals surface area (Å²) >= 11 is 0. The van der Waals surface area contributed by atoms with Crippen LogP contribution in [0.5, 0.6) is 0 Å². The van der Waals surface area contributed by atoms with Gasteiger partial charge in [0.25, 0.3) is 0 Å². The van der Waals surface area contributed by atoms with Crippen LogP contribution in [-0.4, -0.2) is 39.9 Å². The van der Waals surface area contributed by atoms with Gasteiger partial charge >= 0.3 is 6.18 Å². The minimum Gasteiger partial charge on any atom is -0.398 e. The van der Waals surface area contributed by atoms with Crippen LogP contribution in [-0.2, 0) is 13.6 Å². The molecule has 3 aromatic rings. The van der Waals surface area contributed by atoms with Gasteiger partial charge in [-0.1, -0.05) is 12.6 Å². The Bertz CT molecular complexity index is 1180. The Morgan fingerprint density at radius 1 is 1.30 bits per heavy atom. The van der Waals surface area contributed by atoms with Crippen LogP contribution in [0, 0.1) is 0 Å². The molecule has 3 N–H and O–H groups in total. The van der Waals surface area contributed by atoms with Gasteiger partial charge in [-0.2, -0.15) is 13.2 Å². The first-order valence-electron chi connectivity index (χ1n) is 9.32. The second-order valence-corrected chi connectivity index (χ2v) is 7.23. The number of aliphatic imine (C=N–C) groups is 2. The number of alkyl halides is 3. The van der Waals surface area contributed by atoms with E-state index in [1.54, 1.807) is 24.3 Å². The van der Waals surface area contributed by atoms with Crippen LogP contribution in [0.25, 0.3) is 16.6 Å². The number of halogens is 3. The van der Waals surface area contributed by atoms with E-state index in [0.717, 1.165) is 17.0 Å². The number of fused-ring (bicyclic) bond motifs is 1. The molecule has 0 unspecified atom stereocenters. The molecule has 9 heteroatoms. The molecule has 0 atom stereocenters. The zero-order chi connectivity index (χ0) is 21.5.